The second-order valence-corrected chi connectivity index (χ2v) is 11.6. The van der Waals surface area contributed by atoms with Crippen molar-refractivity contribution in [3.8, 4) is 11.5 Å². The quantitative estimate of drug-likeness (QED) is 0.156. The Morgan fingerprint density at radius 2 is 1.55 bits per heavy atom. The normalized spacial score (nSPS) is 12.6. The van der Waals surface area contributed by atoms with Crippen LogP contribution in [0.15, 0.2) is 53.6 Å². The van der Waals surface area contributed by atoms with E-state index in [2.05, 4.69) is 36.3 Å². The number of allylic oxidation sites excluding steroid dienone is 1. The van der Waals surface area contributed by atoms with Gasteiger partial charge in [0.05, 0.1) is 25.2 Å². The largest absolute Gasteiger partial charge is 0.493 e. The molecule has 7 heteroatoms. The molecule has 3 rings (SSSR count). The minimum absolute atomic E-state index is 0. The van der Waals surface area contributed by atoms with Crippen molar-refractivity contribution in [1.29, 1.82) is 0 Å². The van der Waals surface area contributed by atoms with Gasteiger partial charge in [0.25, 0.3) is 5.91 Å². The number of thioether (sulfide) groups is 1. The number of hydrogen-bond donors (Lipinski definition) is 1. The van der Waals surface area contributed by atoms with Gasteiger partial charge in [0, 0.05) is 18.4 Å². The monoisotopic (exact) mass is 632 g/mol. The van der Waals surface area contributed by atoms with E-state index >= 15 is 0 Å². The van der Waals surface area contributed by atoms with Gasteiger partial charge in [-0.2, -0.15) is 0 Å². The van der Waals surface area contributed by atoms with Crippen molar-refractivity contribution in [2.24, 2.45) is 0 Å². The molecule has 0 radical (unpaired) electrons. The molecule has 2 aromatic rings. The minimum Gasteiger partial charge on any atom is -0.493 e. The van der Waals surface area contributed by atoms with E-state index in [9.17, 15) is 4.79 Å². The number of para-hydroxylation sites is 2. The van der Waals surface area contributed by atoms with Crippen LogP contribution in [-0.2, 0) is 6.54 Å². The Hall–Kier alpha value is -2.12. The van der Waals surface area contributed by atoms with E-state index in [1.54, 1.807) is 13.2 Å². The van der Waals surface area contributed by atoms with Crippen molar-refractivity contribution in [2.45, 2.75) is 97.4 Å². The van der Waals surface area contributed by atoms with Gasteiger partial charge in [0.1, 0.15) is 0 Å². The van der Waals surface area contributed by atoms with Gasteiger partial charge in [-0.25, -0.2) is 0 Å². The number of unbranched alkanes of at least 4 members (excludes halogenated alkanes) is 11. The molecule has 0 atom stereocenters. The first-order valence-corrected chi connectivity index (χ1v) is 15.8. The number of methoxy groups -OCH3 is 1. The number of nitrogens with one attached hydrogen (secondary N) is 1. The number of carbonyl (C=O) groups is 1. The van der Waals surface area contributed by atoms with Crippen LogP contribution in [-0.4, -0.2) is 30.4 Å². The highest BCUT2D eigenvalue weighted by molar-refractivity contribution is 8.93. The molecule has 0 aromatic heterocycles. The lowest BCUT2D eigenvalue weighted by atomic mass is 10.1. The number of halogens is 1. The SMILES string of the molecule is Br.CCCCCCCCCCCCCCOc1c(OC)cccc1C(=O)Nc1ccccc1CN1C=C(C)SC1. The molecule has 222 valence electrons. The Kier molecular flexibility index (Phi) is 16.9. The molecule has 5 nitrogen and oxygen atoms in total. The smallest absolute Gasteiger partial charge is 0.259 e. The van der Waals surface area contributed by atoms with Crippen molar-refractivity contribution >= 4 is 40.3 Å². The van der Waals surface area contributed by atoms with E-state index in [0.717, 1.165) is 36.5 Å². The third kappa shape index (κ3) is 11.8. The summed E-state index contributed by atoms with van der Waals surface area (Å²) in [6.45, 7) is 5.72. The van der Waals surface area contributed by atoms with Gasteiger partial charge in [0.2, 0.25) is 0 Å². The van der Waals surface area contributed by atoms with Gasteiger partial charge >= 0.3 is 0 Å². The van der Waals surface area contributed by atoms with Gasteiger partial charge in [-0.1, -0.05) is 102 Å². The number of ether oxygens (including phenoxy) is 2. The number of rotatable bonds is 19. The number of anilines is 1. The minimum atomic E-state index is -0.187. The topological polar surface area (TPSA) is 50.8 Å². The van der Waals surface area contributed by atoms with Gasteiger partial charge in [-0.3, -0.25) is 4.79 Å². The first-order valence-electron chi connectivity index (χ1n) is 14.9. The zero-order valence-corrected chi connectivity index (χ0v) is 27.2. The fourth-order valence-electron chi connectivity index (χ4n) is 4.92. The van der Waals surface area contributed by atoms with E-state index < -0.39 is 0 Å². The van der Waals surface area contributed by atoms with Crippen LogP contribution in [0.3, 0.4) is 0 Å². The summed E-state index contributed by atoms with van der Waals surface area (Å²) in [6, 6.07) is 13.5. The Balaban J connectivity index is 0.00000560. The first kappa shape index (κ1) is 34.1. The van der Waals surface area contributed by atoms with Crippen LogP contribution in [0, 0.1) is 0 Å². The number of amides is 1. The molecule has 0 fully saturated rings. The second-order valence-electron chi connectivity index (χ2n) is 10.4. The van der Waals surface area contributed by atoms with Gasteiger partial charge in [-0.15, -0.1) is 28.7 Å². The summed E-state index contributed by atoms with van der Waals surface area (Å²) >= 11 is 1.84. The number of hydrogen-bond acceptors (Lipinski definition) is 5. The maximum atomic E-state index is 13.4. The van der Waals surface area contributed by atoms with Crippen molar-refractivity contribution in [3.63, 3.8) is 0 Å². The van der Waals surface area contributed by atoms with E-state index in [1.165, 1.54) is 69.1 Å². The summed E-state index contributed by atoms with van der Waals surface area (Å²) in [5.74, 6) is 1.85. The Bertz CT molecular complexity index is 1050. The molecule has 0 bridgehead atoms. The number of carbonyl (C=O) groups excluding carboxylic acids is 1. The van der Waals surface area contributed by atoms with Crippen molar-refractivity contribution in [2.75, 3.05) is 24.9 Å². The van der Waals surface area contributed by atoms with E-state index in [-0.39, 0.29) is 22.9 Å². The summed E-state index contributed by atoms with van der Waals surface area (Å²) < 4.78 is 11.7. The third-order valence-corrected chi connectivity index (χ3v) is 8.17. The molecule has 1 amide bonds. The molecule has 0 spiro atoms. The highest BCUT2D eigenvalue weighted by Crippen LogP contribution is 2.33. The highest BCUT2D eigenvalue weighted by atomic mass is 79.9. The molecule has 2 aromatic carbocycles. The molecular formula is C33H49BrN2O3S. The Morgan fingerprint density at radius 1 is 0.900 bits per heavy atom. The zero-order valence-electron chi connectivity index (χ0n) is 24.7. The van der Waals surface area contributed by atoms with Crippen LogP contribution in [0.25, 0.3) is 0 Å². The van der Waals surface area contributed by atoms with Crippen molar-refractivity contribution in [1.82, 2.24) is 4.90 Å². The molecule has 1 aliphatic heterocycles. The highest BCUT2D eigenvalue weighted by Gasteiger charge is 2.19. The summed E-state index contributed by atoms with van der Waals surface area (Å²) in [7, 11) is 1.62. The van der Waals surface area contributed by atoms with Crippen LogP contribution in [0.4, 0.5) is 5.69 Å². The lowest BCUT2D eigenvalue weighted by molar-refractivity contribution is 0.102. The average molecular weight is 634 g/mol. The molecule has 0 aliphatic carbocycles. The Morgan fingerprint density at radius 3 is 2.17 bits per heavy atom. The molecule has 1 N–H and O–H groups in total. The lowest BCUT2D eigenvalue weighted by Gasteiger charge is -2.19. The maximum absolute atomic E-state index is 13.4. The standard InChI is InChI=1S/C33H48N2O3S.BrH/c1-4-5-6-7-8-9-10-11-12-13-14-17-23-38-32-29(20-18-22-31(32)37-3)33(36)34-30-21-16-15-19-28(30)25-35-24-27(2)39-26-35;/h15-16,18-22,24H,4-14,17,23,25-26H2,1-3H3,(H,34,36);1H. The van der Waals surface area contributed by atoms with E-state index in [4.69, 9.17) is 9.47 Å². The zero-order chi connectivity index (χ0) is 27.7. The van der Waals surface area contributed by atoms with Crippen LogP contribution < -0.4 is 14.8 Å². The van der Waals surface area contributed by atoms with Crippen LogP contribution in [0.2, 0.25) is 0 Å². The molecule has 0 saturated carbocycles. The molecule has 0 saturated heterocycles. The predicted octanol–water partition coefficient (Wildman–Crippen LogP) is 9.97. The molecule has 40 heavy (non-hydrogen) atoms. The number of nitrogens with zero attached hydrogens (tertiary/aromatic N) is 1. The molecule has 1 heterocycles. The Labute approximate surface area is 257 Å². The van der Waals surface area contributed by atoms with E-state index in [0.29, 0.717) is 23.7 Å². The third-order valence-electron chi connectivity index (χ3n) is 7.15. The molecule has 1 aliphatic rings. The lowest BCUT2D eigenvalue weighted by Crippen LogP contribution is -2.18. The second kappa shape index (κ2) is 19.9. The van der Waals surface area contributed by atoms with E-state index in [1.807, 2.05) is 42.1 Å². The molecule has 0 unspecified atom stereocenters. The van der Waals surface area contributed by atoms with Gasteiger partial charge in [0.15, 0.2) is 11.5 Å². The maximum Gasteiger partial charge on any atom is 0.259 e. The summed E-state index contributed by atoms with van der Waals surface area (Å²) in [4.78, 5) is 17.0. The van der Waals surface area contributed by atoms with Crippen molar-refractivity contribution in [3.05, 3.63) is 64.7 Å². The first-order chi connectivity index (χ1) is 19.1. The summed E-state index contributed by atoms with van der Waals surface area (Å²) in [5.41, 5.74) is 2.40. The fraction of sp³-hybridized carbons (Fsp3) is 0.545. The van der Waals surface area contributed by atoms with Crippen LogP contribution in [0.5, 0.6) is 11.5 Å². The molecular weight excluding hydrogens is 584 g/mol. The predicted molar refractivity (Wildman–Crippen MR) is 176 cm³/mol. The summed E-state index contributed by atoms with van der Waals surface area (Å²) in [5, 5.41) is 3.12. The van der Waals surface area contributed by atoms with Gasteiger partial charge in [-0.05, 0) is 42.0 Å². The van der Waals surface area contributed by atoms with Crippen LogP contribution >= 0.6 is 28.7 Å². The van der Waals surface area contributed by atoms with Crippen LogP contribution in [0.1, 0.15) is 107 Å². The average Bonchev–Trinajstić information content (AvgIpc) is 3.36. The number of benzene rings is 2. The summed E-state index contributed by atoms with van der Waals surface area (Å²) in [6.07, 6.45) is 17.8. The van der Waals surface area contributed by atoms with Gasteiger partial charge < -0.3 is 19.7 Å². The fourth-order valence-corrected chi connectivity index (χ4v) is 5.68. The van der Waals surface area contributed by atoms with Crippen molar-refractivity contribution < 1.29 is 14.3 Å².